The normalized spacial score (nSPS) is 11.7. The summed E-state index contributed by atoms with van der Waals surface area (Å²) >= 11 is 0. The second-order valence-corrected chi connectivity index (χ2v) is 5.36. The Morgan fingerprint density at radius 3 is 2.44 bits per heavy atom. The van der Waals surface area contributed by atoms with E-state index in [9.17, 15) is 0 Å². The van der Waals surface area contributed by atoms with Crippen molar-refractivity contribution in [3.05, 3.63) is 47.9 Å². The average Bonchev–Trinajstić information content (AvgIpc) is 2.82. The van der Waals surface area contributed by atoms with E-state index in [1.165, 1.54) is 11.1 Å². The van der Waals surface area contributed by atoms with Gasteiger partial charge in [0, 0.05) is 17.8 Å². The molecule has 0 unspecified atom stereocenters. The molecule has 0 aliphatic heterocycles. The summed E-state index contributed by atoms with van der Waals surface area (Å²) in [7, 11) is 0. The number of nitrogens with zero attached hydrogens (tertiary/aromatic N) is 2. The molecule has 0 saturated carbocycles. The fourth-order valence-electron chi connectivity index (χ4n) is 2.10. The first-order chi connectivity index (χ1) is 8.62. The number of hydrogen-bond acceptors (Lipinski definition) is 3. The molecule has 0 aromatic carbocycles. The Morgan fingerprint density at radius 1 is 1.17 bits per heavy atom. The zero-order valence-electron chi connectivity index (χ0n) is 11.3. The first-order valence-electron chi connectivity index (χ1n) is 6.44. The van der Waals surface area contributed by atoms with Crippen LogP contribution in [-0.2, 0) is 18.3 Å². The molecule has 2 heterocycles. The van der Waals surface area contributed by atoms with Crippen molar-refractivity contribution in [1.29, 1.82) is 0 Å². The highest BCUT2D eigenvalue weighted by atomic mass is 16.3. The van der Waals surface area contributed by atoms with Crippen molar-refractivity contribution < 1.29 is 4.42 Å². The smallest absolute Gasteiger partial charge is 0.134 e. The molecule has 0 bridgehead atoms. The van der Waals surface area contributed by atoms with Gasteiger partial charge in [-0.1, -0.05) is 27.2 Å². The van der Waals surface area contributed by atoms with Gasteiger partial charge in [0.2, 0.25) is 0 Å². The monoisotopic (exact) mass is 244 g/mol. The van der Waals surface area contributed by atoms with Crippen LogP contribution in [-0.4, -0.2) is 9.97 Å². The molecule has 0 aliphatic carbocycles. The molecule has 96 valence electrons. The van der Waals surface area contributed by atoms with Gasteiger partial charge in [-0.15, -0.1) is 0 Å². The van der Waals surface area contributed by atoms with Gasteiger partial charge in [-0.2, -0.15) is 0 Å². The summed E-state index contributed by atoms with van der Waals surface area (Å²) in [6, 6.07) is 1.99. The van der Waals surface area contributed by atoms with Gasteiger partial charge in [-0.3, -0.25) is 0 Å². The lowest BCUT2D eigenvalue weighted by Crippen LogP contribution is -2.23. The Kier molecular flexibility index (Phi) is 3.80. The molecule has 0 radical (unpaired) electrons. The van der Waals surface area contributed by atoms with Crippen LogP contribution in [0, 0.1) is 0 Å². The van der Waals surface area contributed by atoms with Crippen LogP contribution >= 0.6 is 0 Å². The van der Waals surface area contributed by atoms with Crippen molar-refractivity contribution in [2.24, 2.45) is 0 Å². The summed E-state index contributed by atoms with van der Waals surface area (Å²) in [6.45, 7) is 6.49. The molecule has 0 amide bonds. The predicted molar refractivity (Wildman–Crippen MR) is 71.5 cm³/mol. The third-order valence-electron chi connectivity index (χ3n) is 3.08. The van der Waals surface area contributed by atoms with Gasteiger partial charge in [-0.25, -0.2) is 9.97 Å². The first-order valence-corrected chi connectivity index (χ1v) is 6.44. The Balaban J connectivity index is 2.13. The summed E-state index contributed by atoms with van der Waals surface area (Å²) in [4.78, 5) is 9.02. The number of aromatic nitrogens is 2. The second kappa shape index (κ2) is 5.34. The van der Waals surface area contributed by atoms with Crippen molar-refractivity contribution in [1.82, 2.24) is 9.97 Å². The summed E-state index contributed by atoms with van der Waals surface area (Å²) in [5.74, 6) is 0.892. The van der Waals surface area contributed by atoms with Gasteiger partial charge in [0.05, 0.1) is 12.5 Å². The van der Waals surface area contributed by atoms with Crippen molar-refractivity contribution in [3.8, 4) is 0 Å². The summed E-state index contributed by atoms with van der Waals surface area (Å²) in [5, 5.41) is 0. The highest BCUT2D eigenvalue weighted by Gasteiger charge is 2.24. The van der Waals surface area contributed by atoms with Crippen molar-refractivity contribution >= 4 is 0 Å². The van der Waals surface area contributed by atoms with E-state index in [1.54, 1.807) is 12.5 Å². The molecule has 0 saturated heterocycles. The maximum atomic E-state index is 5.11. The van der Waals surface area contributed by atoms with Crippen molar-refractivity contribution in [2.45, 2.75) is 45.4 Å². The van der Waals surface area contributed by atoms with Crippen LogP contribution in [0.3, 0.4) is 0 Å². The van der Waals surface area contributed by atoms with E-state index in [0.29, 0.717) is 0 Å². The Bertz CT molecular complexity index is 472. The second-order valence-electron chi connectivity index (χ2n) is 5.36. The first kappa shape index (κ1) is 12.8. The molecule has 0 fully saturated rings. The van der Waals surface area contributed by atoms with Crippen LogP contribution in [0.15, 0.2) is 35.4 Å². The Hall–Kier alpha value is -1.64. The van der Waals surface area contributed by atoms with Crippen LogP contribution in [0.2, 0.25) is 0 Å². The van der Waals surface area contributed by atoms with E-state index >= 15 is 0 Å². The van der Waals surface area contributed by atoms with Gasteiger partial charge in [0.1, 0.15) is 5.82 Å². The third-order valence-corrected chi connectivity index (χ3v) is 3.08. The van der Waals surface area contributed by atoms with Gasteiger partial charge in [0.25, 0.3) is 0 Å². The standard InChI is InChI=1S/C15H20N2O/c1-4-5-13-9-16-14(17-10-13)15(2,3)8-12-6-7-18-11-12/h6-7,9-11H,4-5,8H2,1-3H3. The lowest BCUT2D eigenvalue weighted by Gasteiger charge is -2.22. The number of rotatable bonds is 5. The minimum atomic E-state index is -0.0748. The lowest BCUT2D eigenvalue weighted by molar-refractivity contribution is 0.480. The predicted octanol–water partition coefficient (Wildman–Crippen LogP) is 3.54. The van der Waals surface area contributed by atoms with Crippen LogP contribution < -0.4 is 0 Å². The molecule has 0 spiro atoms. The fourth-order valence-corrected chi connectivity index (χ4v) is 2.10. The quantitative estimate of drug-likeness (QED) is 0.807. The molecule has 3 nitrogen and oxygen atoms in total. The van der Waals surface area contributed by atoms with E-state index in [2.05, 4.69) is 30.7 Å². The summed E-state index contributed by atoms with van der Waals surface area (Å²) < 4.78 is 5.11. The summed E-state index contributed by atoms with van der Waals surface area (Å²) in [6.07, 6.45) is 10.4. The molecule has 2 rings (SSSR count). The highest BCUT2D eigenvalue weighted by molar-refractivity contribution is 5.17. The molecule has 0 atom stereocenters. The molecule has 0 N–H and O–H groups in total. The minimum absolute atomic E-state index is 0.0748. The fraction of sp³-hybridized carbons (Fsp3) is 0.467. The van der Waals surface area contributed by atoms with E-state index in [0.717, 1.165) is 25.1 Å². The Labute approximate surface area is 108 Å². The van der Waals surface area contributed by atoms with E-state index in [4.69, 9.17) is 4.42 Å². The largest absolute Gasteiger partial charge is 0.472 e. The molecule has 3 heteroatoms. The molecular weight excluding hydrogens is 224 g/mol. The molecule has 2 aromatic rings. The van der Waals surface area contributed by atoms with Crippen LogP contribution in [0.5, 0.6) is 0 Å². The maximum Gasteiger partial charge on any atom is 0.134 e. The van der Waals surface area contributed by atoms with Gasteiger partial charge in [-0.05, 0) is 30.0 Å². The average molecular weight is 244 g/mol. The number of hydrogen-bond donors (Lipinski definition) is 0. The van der Waals surface area contributed by atoms with Gasteiger partial charge in [0.15, 0.2) is 0 Å². The zero-order valence-corrected chi connectivity index (χ0v) is 11.3. The van der Waals surface area contributed by atoms with E-state index in [1.807, 2.05) is 18.5 Å². The van der Waals surface area contributed by atoms with Gasteiger partial charge < -0.3 is 4.42 Å². The van der Waals surface area contributed by atoms with Crippen LogP contribution in [0.1, 0.15) is 44.1 Å². The molecule has 0 aliphatic rings. The minimum Gasteiger partial charge on any atom is -0.472 e. The van der Waals surface area contributed by atoms with E-state index < -0.39 is 0 Å². The topological polar surface area (TPSA) is 38.9 Å². The molecule has 2 aromatic heterocycles. The SMILES string of the molecule is CCCc1cnc(C(C)(C)Cc2ccoc2)nc1. The van der Waals surface area contributed by atoms with Crippen LogP contribution in [0.4, 0.5) is 0 Å². The third kappa shape index (κ3) is 2.97. The van der Waals surface area contributed by atoms with Crippen molar-refractivity contribution in [3.63, 3.8) is 0 Å². The molecule has 18 heavy (non-hydrogen) atoms. The summed E-state index contributed by atoms with van der Waals surface area (Å²) in [5.41, 5.74) is 2.32. The zero-order chi connectivity index (χ0) is 13.0. The lowest BCUT2D eigenvalue weighted by atomic mass is 9.85. The van der Waals surface area contributed by atoms with Gasteiger partial charge >= 0.3 is 0 Å². The number of furan rings is 1. The van der Waals surface area contributed by atoms with E-state index in [-0.39, 0.29) is 5.41 Å². The highest BCUT2D eigenvalue weighted by Crippen LogP contribution is 2.24. The maximum absolute atomic E-state index is 5.11. The van der Waals surface area contributed by atoms with Crippen molar-refractivity contribution in [2.75, 3.05) is 0 Å². The molecular formula is C15H20N2O. The Morgan fingerprint density at radius 2 is 1.89 bits per heavy atom. The van der Waals surface area contributed by atoms with Crippen LogP contribution in [0.25, 0.3) is 0 Å². The number of aryl methyl sites for hydroxylation is 1.